The Morgan fingerprint density at radius 1 is 1.43 bits per heavy atom. The average molecular weight is 290 g/mol. The van der Waals surface area contributed by atoms with E-state index in [9.17, 15) is 9.59 Å². The van der Waals surface area contributed by atoms with Crippen LogP contribution in [0.25, 0.3) is 0 Å². The highest BCUT2D eigenvalue weighted by Crippen LogP contribution is 2.14. The molecule has 0 spiro atoms. The van der Waals surface area contributed by atoms with Crippen molar-refractivity contribution in [3.8, 4) is 0 Å². The third kappa shape index (κ3) is 3.39. The Labute approximate surface area is 124 Å². The predicted molar refractivity (Wildman–Crippen MR) is 80.1 cm³/mol. The second kappa shape index (κ2) is 6.67. The average Bonchev–Trinajstić information content (AvgIpc) is 2.47. The number of nitrogens with zero attached hydrogens (tertiary/aromatic N) is 2. The summed E-state index contributed by atoms with van der Waals surface area (Å²) >= 11 is 0. The van der Waals surface area contributed by atoms with Crippen molar-refractivity contribution in [2.75, 3.05) is 26.2 Å². The predicted octanol–water partition coefficient (Wildman–Crippen LogP) is 0.249. The largest absolute Gasteiger partial charge is 0.355 e. The number of likely N-dealkylation sites (N-methyl/N-ethyl adjacent to an activating group) is 1. The first-order valence-corrected chi connectivity index (χ1v) is 7.28. The van der Waals surface area contributed by atoms with Gasteiger partial charge >= 0.3 is 0 Å². The summed E-state index contributed by atoms with van der Waals surface area (Å²) in [5.41, 5.74) is 2.15. The first kappa shape index (κ1) is 15.4. The fraction of sp³-hybridized carbons (Fsp3) is 0.533. The lowest BCUT2D eigenvalue weighted by Crippen LogP contribution is -2.59. The maximum absolute atomic E-state index is 12.7. The molecule has 1 aliphatic rings. The van der Waals surface area contributed by atoms with Crippen molar-refractivity contribution in [3.05, 3.63) is 29.1 Å². The molecule has 1 fully saturated rings. The molecule has 0 aliphatic carbocycles. The van der Waals surface area contributed by atoms with E-state index in [-0.39, 0.29) is 11.8 Å². The van der Waals surface area contributed by atoms with Crippen LogP contribution < -0.4 is 10.6 Å². The highest BCUT2D eigenvalue weighted by Gasteiger charge is 2.32. The van der Waals surface area contributed by atoms with E-state index in [4.69, 9.17) is 0 Å². The third-order valence-corrected chi connectivity index (χ3v) is 3.61. The normalized spacial score (nSPS) is 18.4. The van der Waals surface area contributed by atoms with E-state index in [1.165, 1.54) is 0 Å². The van der Waals surface area contributed by atoms with E-state index in [1.54, 1.807) is 11.0 Å². The number of carbonyl (C=O) groups excluding carboxylic acids is 2. The number of rotatable bonds is 3. The molecular weight excluding hydrogens is 268 g/mol. The fourth-order valence-electron chi connectivity index (χ4n) is 2.54. The smallest absolute Gasteiger partial charge is 0.256 e. The molecule has 6 heteroatoms. The summed E-state index contributed by atoms with van der Waals surface area (Å²) in [6, 6.07) is 3.15. The van der Waals surface area contributed by atoms with E-state index in [1.807, 2.05) is 26.8 Å². The van der Waals surface area contributed by atoms with Gasteiger partial charge in [-0.15, -0.1) is 0 Å². The molecule has 2 amide bonds. The Morgan fingerprint density at radius 3 is 2.86 bits per heavy atom. The summed E-state index contributed by atoms with van der Waals surface area (Å²) in [6.07, 6.45) is 0. The molecule has 0 saturated carbocycles. The highest BCUT2D eigenvalue weighted by molar-refractivity contribution is 5.98. The van der Waals surface area contributed by atoms with Gasteiger partial charge in [-0.25, -0.2) is 0 Å². The quantitative estimate of drug-likeness (QED) is 0.837. The summed E-state index contributed by atoms with van der Waals surface area (Å²) in [5.74, 6) is -0.242. The number of piperazine rings is 1. The molecule has 114 valence electrons. The SMILES string of the molecule is CCNC(=O)C1CNCCN1C(=O)c1ccc(C)nc1C. The molecule has 2 heterocycles. The number of nitrogens with one attached hydrogen (secondary N) is 2. The van der Waals surface area contributed by atoms with Crippen LogP contribution in [0.4, 0.5) is 0 Å². The van der Waals surface area contributed by atoms with E-state index in [2.05, 4.69) is 15.6 Å². The van der Waals surface area contributed by atoms with Gasteiger partial charge in [-0.2, -0.15) is 0 Å². The van der Waals surface area contributed by atoms with Crippen LogP contribution >= 0.6 is 0 Å². The van der Waals surface area contributed by atoms with Crippen LogP contribution in [0.15, 0.2) is 12.1 Å². The first-order chi connectivity index (χ1) is 10.0. The molecule has 1 aromatic rings. The molecule has 1 saturated heterocycles. The standard InChI is InChI=1S/C15H22N4O2/c1-4-17-14(20)13-9-16-7-8-19(13)15(21)12-6-5-10(2)18-11(12)3/h5-6,13,16H,4,7-9H2,1-3H3,(H,17,20). The fourth-order valence-corrected chi connectivity index (χ4v) is 2.54. The molecule has 6 nitrogen and oxygen atoms in total. The van der Waals surface area contributed by atoms with E-state index in [0.717, 1.165) is 5.69 Å². The Bertz CT molecular complexity index is 544. The molecule has 21 heavy (non-hydrogen) atoms. The molecule has 1 aromatic heterocycles. The Balaban J connectivity index is 2.24. The third-order valence-electron chi connectivity index (χ3n) is 3.61. The van der Waals surface area contributed by atoms with Gasteiger partial charge in [0, 0.05) is 31.9 Å². The van der Waals surface area contributed by atoms with Gasteiger partial charge in [-0.05, 0) is 32.9 Å². The molecule has 1 unspecified atom stereocenters. The van der Waals surface area contributed by atoms with Crippen LogP contribution in [-0.4, -0.2) is 53.9 Å². The molecule has 1 aliphatic heterocycles. The van der Waals surface area contributed by atoms with Crippen molar-refractivity contribution in [2.45, 2.75) is 26.8 Å². The second-order valence-corrected chi connectivity index (χ2v) is 5.20. The summed E-state index contributed by atoms with van der Waals surface area (Å²) in [6.45, 7) is 7.84. The lowest BCUT2D eigenvalue weighted by molar-refractivity contribution is -0.126. The van der Waals surface area contributed by atoms with Crippen LogP contribution in [0.5, 0.6) is 0 Å². The maximum Gasteiger partial charge on any atom is 0.256 e. The van der Waals surface area contributed by atoms with Crippen molar-refractivity contribution < 1.29 is 9.59 Å². The van der Waals surface area contributed by atoms with Crippen LogP contribution in [-0.2, 0) is 4.79 Å². The molecule has 2 rings (SSSR count). The first-order valence-electron chi connectivity index (χ1n) is 7.28. The van der Waals surface area contributed by atoms with Crippen LogP contribution in [0.2, 0.25) is 0 Å². The number of aryl methyl sites for hydroxylation is 2. The van der Waals surface area contributed by atoms with E-state index >= 15 is 0 Å². The lowest BCUT2D eigenvalue weighted by Gasteiger charge is -2.35. The summed E-state index contributed by atoms with van der Waals surface area (Å²) in [7, 11) is 0. The molecule has 0 radical (unpaired) electrons. The van der Waals surface area contributed by atoms with E-state index < -0.39 is 6.04 Å². The Morgan fingerprint density at radius 2 is 2.19 bits per heavy atom. The van der Waals surface area contributed by atoms with Gasteiger partial charge in [0.15, 0.2) is 0 Å². The van der Waals surface area contributed by atoms with Gasteiger partial charge in [0.05, 0.1) is 11.3 Å². The monoisotopic (exact) mass is 290 g/mol. The van der Waals surface area contributed by atoms with E-state index in [0.29, 0.717) is 37.4 Å². The minimum atomic E-state index is -0.466. The number of hydrogen-bond acceptors (Lipinski definition) is 4. The minimum Gasteiger partial charge on any atom is -0.355 e. The zero-order valence-electron chi connectivity index (χ0n) is 12.8. The maximum atomic E-state index is 12.7. The highest BCUT2D eigenvalue weighted by atomic mass is 16.2. The number of aromatic nitrogens is 1. The van der Waals surface area contributed by atoms with Crippen molar-refractivity contribution in [1.82, 2.24) is 20.5 Å². The van der Waals surface area contributed by atoms with Crippen molar-refractivity contribution >= 4 is 11.8 Å². The van der Waals surface area contributed by atoms with Gasteiger partial charge in [0.25, 0.3) is 5.91 Å². The molecule has 2 N–H and O–H groups in total. The van der Waals surface area contributed by atoms with Gasteiger partial charge in [-0.3, -0.25) is 14.6 Å². The summed E-state index contributed by atoms with van der Waals surface area (Å²) in [4.78, 5) is 30.8. The number of amides is 2. The van der Waals surface area contributed by atoms with Gasteiger partial charge in [0.2, 0.25) is 5.91 Å². The minimum absolute atomic E-state index is 0.115. The topological polar surface area (TPSA) is 74.3 Å². The number of pyridine rings is 1. The Kier molecular flexibility index (Phi) is 4.90. The zero-order chi connectivity index (χ0) is 15.4. The van der Waals surface area contributed by atoms with Crippen LogP contribution in [0.1, 0.15) is 28.7 Å². The molecule has 0 bridgehead atoms. The van der Waals surface area contributed by atoms with Crippen molar-refractivity contribution in [2.24, 2.45) is 0 Å². The van der Waals surface area contributed by atoms with Crippen LogP contribution in [0, 0.1) is 13.8 Å². The van der Waals surface area contributed by atoms with Crippen LogP contribution in [0.3, 0.4) is 0 Å². The van der Waals surface area contributed by atoms with Crippen molar-refractivity contribution in [1.29, 1.82) is 0 Å². The summed E-state index contributed by atoms with van der Waals surface area (Å²) in [5, 5.41) is 5.95. The van der Waals surface area contributed by atoms with Crippen molar-refractivity contribution in [3.63, 3.8) is 0 Å². The lowest BCUT2D eigenvalue weighted by atomic mass is 10.1. The zero-order valence-corrected chi connectivity index (χ0v) is 12.8. The van der Waals surface area contributed by atoms with Gasteiger partial charge < -0.3 is 15.5 Å². The molecular formula is C15H22N4O2. The van der Waals surface area contributed by atoms with Gasteiger partial charge in [0.1, 0.15) is 6.04 Å². The molecule has 0 aromatic carbocycles. The van der Waals surface area contributed by atoms with Gasteiger partial charge in [-0.1, -0.05) is 0 Å². The number of hydrogen-bond donors (Lipinski definition) is 2. The number of carbonyl (C=O) groups is 2. The summed E-state index contributed by atoms with van der Waals surface area (Å²) < 4.78 is 0. The second-order valence-electron chi connectivity index (χ2n) is 5.20. The molecule has 1 atom stereocenters. The Hall–Kier alpha value is -1.95.